The Kier molecular flexibility index (Phi) is 265. The number of hydrogen-bond acceptors (Lipinski definition) is 0. The van der Waals surface area contributed by atoms with E-state index in [0.717, 1.165) is 52.4 Å². The molecule has 0 bridgehead atoms. The molecule has 324 valence electrons. The third-order valence-corrected chi connectivity index (χ3v) is 4.00. The monoisotopic (exact) mass is 2950 g/mol. The maximum Gasteiger partial charge on any atom is 0.0739 e. The van der Waals surface area contributed by atoms with Crippen LogP contribution in [0.1, 0.15) is 77.0 Å². The van der Waals surface area contributed by atoms with E-state index in [1.165, 1.54) is 77.0 Å². The predicted molar refractivity (Wildman–Crippen MR) is 286 cm³/mol. The van der Waals surface area contributed by atoms with Gasteiger partial charge in [0.25, 0.3) is 0 Å². The molecular formula is C20H64I20N8. The van der Waals surface area contributed by atoms with E-state index in [1.54, 1.807) is 0 Å². The van der Waals surface area contributed by atoms with Crippen molar-refractivity contribution in [3.05, 3.63) is 0 Å². The van der Waals surface area contributed by atoms with Gasteiger partial charge in [-0.25, -0.2) is 0 Å². The van der Waals surface area contributed by atoms with Gasteiger partial charge in [0.15, 0.2) is 0 Å². The molecule has 0 amide bonds. The van der Waals surface area contributed by atoms with Crippen LogP contribution >= 0.6 is 223 Å². The van der Waals surface area contributed by atoms with Gasteiger partial charge in [0.05, 0.1) is 52.4 Å². The van der Waals surface area contributed by atoms with E-state index >= 15 is 0 Å². The van der Waals surface area contributed by atoms with Gasteiger partial charge in [0, 0.05) is 0 Å². The molecule has 0 aliphatic heterocycles. The Morgan fingerprint density at radius 2 is 0.271 bits per heavy atom. The zero-order chi connectivity index (χ0) is 38.4. The molecule has 0 heterocycles. The molecule has 8 nitrogen and oxygen atoms in total. The van der Waals surface area contributed by atoms with E-state index in [4.69, 9.17) is 0 Å². The predicted octanol–water partition coefficient (Wildman–Crippen LogP) is -18.8. The third-order valence-electron chi connectivity index (χ3n) is 4.00. The minimum atomic E-state index is 0. The molecule has 0 atom stereocenters. The number of hydrogen-bond donors (Lipinski definition) is 8. The summed E-state index contributed by atoms with van der Waals surface area (Å²) in [5.41, 5.74) is 29.9. The molecule has 0 rings (SSSR count). The zero-order valence-corrected chi connectivity index (χ0v) is 70.5. The van der Waals surface area contributed by atoms with Crippen molar-refractivity contribution in [2.45, 2.75) is 77.0 Å². The molecule has 0 spiro atoms. The van der Waals surface area contributed by atoms with E-state index in [1.807, 2.05) is 0 Å². The average molecular weight is 2950 g/mol. The summed E-state index contributed by atoms with van der Waals surface area (Å²) in [6, 6.07) is 0. The first-order valence-electron chi connectivity index (χ1n) is 13.7. The fourth-order valence-corrected chi connectivity index (χ4v) is 2.12. The van der Waals surface area contributed by atoms with Gasteiger partial charge in [-0.15, -0.1) is 0 Å². The van der Waals surface area contributed by atoms with Gasteiger partial charge in [-0.2, -0.15) is 0 Å². The van der Waals surface area contributed by atoms with Crippen LogP contribution in [0.25, 0.3) is 0 Å². The van der Waals surface area contributed by atoms with E-state index in [2.05, 4.69) is 269 Å². The molecule has 28 heteroatoms. The molecular weight excluding hydrogens is 2890 g/mol. The molecule has 0 aliphatic carbocycles. The van der Waals surface area contributed by atoms with Crippen LogP contribution in [0.3, 0.4) is 0 Å². The number of quaternary nitrogens is 8. The van der Waals surface area contributed by atoms with E-state index < -0.39 is 0 Å². The van der Waals surface area contributed by atoms with Crippen molar-refractivity contribution in [3.63, 3.8) is 0 Å². The second kappa shape index (κ2) is 137. The summed E-state index contributed by atoms with van der Waals surface area (Å²) in [4.78, 5) is 0. The van der Waals surface area contributed by atoms with Gasteiger partial charge in [-0.3, -0.25) is 0 Å². The fourth-order valence-electron chi connectivity index (χ4n) is 2.12. The maximum atomic E-state index is 3.74. The first-order valence-corrected chi connectivity index (χ1v) is 89.1. The number of rotatable bonds is 16. The van der Waals surface area contributed by atoms with Gasteiger partial charge < -0.3 is 93.8 Å². The van der Waals surface area contributed by atoms with Crippen LogP contribution in [0.4, 0.5) is 0 Å². The van der Waals surface area contributed by atoms with E-state index in [9.17, 15) is 0 Å². The van der Waals surface area contributed by atoms with Crippen molar-refractivity contribution in [2.75, 3.05) is 52.4 Å². The van der Waals surface area contributed by atoms with Gasteiger partial charge >= 0.3 is 303 Å². The number of halogens is 20. The molecule has 0 saturated heterocycles. The van der Waals surface area contributed by atoms with Gasteiger partial charge in [-0.1, -0.05) is 0 Å². The summed E-state index contributed by atoms with van der Waals surface area (Å²) in [6.45, 7) is 8.67. The van der Waals surface area contributed by atoms with Crippen LogP contribution in [0.2, 0.25) is 0 Å². The summed E-state index contributed by atoms with van der Waals surface area (Å²) < 4.78 is 0. The van der Waals surface area contributed by atoms with Crippen LogP contribution < -0.4 is 173 Å². The SMILES string of the molecule is I[I-]I.I[I-]I.I[I-]I.I[I-]I.I[I-]I.I[I-]I.[I-].[I-].[NH3+]CCCCC[NH3+].[NH3+]CCCCC[NH3+].[NH3+]CCCCC[NH3+].[NH3+]CCCCC[NH3+]. The molecule has 0 aromatic carbocycles. The van der Waals surface area contributed by atoms with Crippen LogP contribution in [0.5, 0.6) is 0 Å². The average Bonchev–Trinajstić information content (AvgIpc) is 3.02. The van der Waals surface area contributed by atoms with Gasteiger partial charge in [-0.05, 0) is 77.0 Å². The normalized spacial score (nSPS) is 8.25. The summed E-state index contributed by atoms with van der Waals surface area (Å²) >= 11 is 31.8. The Morgan fingerprint density at radius 3 is 0.312 bits per heavy atom. The van der Waals surface area contributed by atoms with Crippen LogP contribution in [0, 0.1) is 0 Å². The molecule has 0 radical (unpaired) electrons. The van der Waals surface area contributed by atoms with Crippen molar-refractivity contribution in [1.29, 1.82) is 0 Å². The minimum absolute atomic E-state index is 0. The van der Waals surface area contributed by atoms with E-state index in [0.29, 0.717) is 79.5 Å². The molecule has 0 aromatic rings. The van der Waals surface area contributed by atoms with Crippen molar-refractivity contribution >= 4 is 223 Å². The van der Waals surface area contributed by atoms with Crippen molar-refractivity contribution in [3.8, 4) is 0 Å². The van der Waals surface area contributed by atoms with E-state index in [-0.39, 0.29) is 48.0 Å². The Balaban J connectivity index is -0.0000000307. The molecule has 0 saturated carbocycles. The second-order valence-electron chi connectivity index (χ2n) is 7.40. The first kappa shape index (κ1) is 92.5. The standard InChI is InChI=1S/4C5H14N2.6I3.2HI/c4*6-4-2-1-3-5-7;6*1-3-2;;/h4*1-7H2;;;;;;;2*1H/q;;;;6*-1;;/p+6. The Labute approximate surface area is 510 Å². The van der Waals surface area contributed by atoms with Crippen molar-refractivity contribution in [2.24, 2.45) is 0 Å². The summed E-state index contributed by atoms with van der Waals surface area (Å²) in [7, 11) is 0. The molecule has 0 aromatic heterocycles. The maximum absolute atomic E-state index is 3.74. The minimum Gasteiger partial charge on any atom is -1.00 e. The smallest absolute Gasteiger partial charge is 0.0739 e. The topological polar surface area (TPSA) is 221 Å². The second-order valence-corrected chi connectivity index (χ2v) is 105. The Bertz CT molecular complexity index is 244. The quantitative estimate of drug-likeness (QED) is 0.0534. The van der Waals surface area contributed by atoms with Crippen LogP contribution in [0.15, 0.2) is 0 Å². The molecule has 0 unspecified atom stereocenters. The van der Waals surface area contributed by atoms with Crippen LogP contribution in [-0.4, -0.2) is 52.4 Å². The van der Waals surface area contributed by atoms with Crippen molar-refractivity contribution in [1.82, 2.24) is 0 Å². The molecule has 48 heavy (non-hydrogen) atoms. The molecule has 24 N–H and O–H groups in total. The zero-order valence-electron chi connectivity index (χ0n) is 27.4. The summed E-state index contributed by atoms with van der Waals surface area (Å²) in [6.07, 6.45) is 15.4. The van der Waals surface area contributed by atoms with Crippen molar-refractivity contribution < 1.29 is 173 Å². The van der Waals surface area contributed by atoms with Gasteiger partial charge in [0.2, 0.25) is 0 Å². The summed E-state index contributed by atoms with van der Waals surface area (Å²) in [5.74, 6) is 0. The Hall–Kier alpha value is 14.3. The van der Waals surface area contributed by atoms with Gasteiger partial charge in [0.1, 0.15) is 0 Å². The van der Waals surface area contributed by atoms with Crippen LogP contribution in [-0.2, 0) is 0 Å². The fraction of sp³-hybridized carbons (Fsp3) is 1.00. The third kappa shape index (κ3) is 231. The first-order chi connectivity index (χ1) is 22.1. The Morgan fingerprint density at radius 1 is 0.208 bits per heavy atom. The molecule has 0 aliphatic rings. The largest absolute Gasteiger partial charge is 1.00 e. The number of unbranched alkanes of at least 4 members (excludes halogenated alkanes) is 8. The molecule has 0 fully saturated rings. The summed E-state index contributed by atoms with van der Waals surface area (Å²) in [5, 5.41) is 0.